The fourth-order valence-corrected chi connectivity index (χ4v) is 1.77. The average molecular weight is 300 g/mol. The van der Waals surface area contributed by atoms with Crippen LogP contribution in [0, 0.1) is 5.92 Å². The molecule has 0 spiro atoms. The Morgan fingerprint density at radius 1 is 1.35 bits per heavy atom. The molecule has 17 heavy (non-hydrogen) atoms. The van der Waals surface area contributed by atoms with Gasteiger partial charge in [-0.25, -0.2) is 4.79 Å². The van der Waals surface area contributed by atoms with Crippen molar-refractivity contribution >= 4 is 27.8 Å². The Balaban J connectivity index is 2.81. The zero-order valence-electron chi connectivity index (χ0n) is 9.61. The molecule has 0 aliphatic carbocycles. The number of benzene rings is 1. The normalized spacial score (nSPS) is 12.2. The van der Waals surface area contributed by atoms with Crippen LogP contribution in [0.3, 0.4) is 0 Å². The quantitative estimate of drug-likeness (QED) is 0.896. The second kappa shape index (κ2) is 5.82. The first-order valence-electron chi connectivity index (χ1n) is 5.21. The van der Waals surface area contributed by atoms with Crippen molar-refractivity contribution < 1.29 is 14.7 Å². The van der Waals surface area contributed by atoms with Crippen LogP contribution < -0.4 is 5.32 Å². The van der Waals surface area contributed by atoms with Crippen LogP contribution in [0.5, 0.6) is 0 Å². The van der Waals surface area contributed by atoms with Crippen LogP contribution >= 0.6 is 15.9 Å². The second-order valence-electron chi connectivity index (χ2n) is 4.04. The van der Waals surface area contributed by atoms with E-state index in [0.29, 0.717) is 5.56 Å². The Bertz CT molecular complexity index is 432. The second-order valence-corrected chi connectivity index (χ2v) is 4.96. The monoisotopic (exact) mass is 299 g/mol. The minimum Gasteiger partial charge on any atom is -0.480 e. The smallest absolute Gasteiger partial charge is 0.326 e. The summed E-state index contributed by atoms with van der Waals surface area (Å²) < 4.78 is 0.779. The number of hydrogen-bond donors (Lipinski definition) is 2. The van der Waals surface area contributed by atoms with Gasteiger partial charge < -0.3 is 10.4 Å². The van der Waals surface area contributed by atoms with Crippen molar-refractivity contribution in [2.75, 3.05) is 0 Å². The van der Waals surface area contributed by atoms with Gasteiger partial charge in [-0.2, -0.15) is 0 Å². The summed E-state index contributed by atoms with van der Waals surface area (Å²) in [6.07, 6.45) is 0. The molecule has 1 atom stereocenters. The van der Waals surface area contributed by atoms with E-state index < -0.39 is 12.0 Å². The summed E-state index contributed by atoms with van der Waals surface area (Å²) in [7, 11) is 0. The van der Waals surface area contributed by atoms with Gasteiger partial charge in [0.1, 0.15) is 6.04 Å². The maximum absolute atomic E-state index is 11.8. The molecule has 4 nitrogen and oxygen atoms in total. The van der Waals surface area contributed by atoms with Crippen molar-refractivity contribution in [1.82, 2.24) is 5.32 Å². The van der Waals surface area contributed by atoms with E-state index in [1.807, 2.05) is 0 Å². The molecule has 1 aromatic rings. The minimum absolute atomic E-state index is 0.163. The highest BCUT2D eigenvalue weighted by Gasteiger charge is 2.23. The lowest BCUT2D eigenvalue weighted by Crippen LogP contribution is -2.44. The number of nitrogens with one attached hydrogen (secondary N) is 1. The lowest BCUT2D eigenvalue weighted by Gasteiger charge is -2.17. The number of rotatable bonds is 4. The van der Waals surface area contributed by atoms with Crippen LogP contribution in [0.15, 0.2) is 28.7 Å². The van der Waals surface area contributed by atoms with Gasteiger partial charge in [-0.3, -0.25) is 4.79 Å². The molecule has 0 heterocycles. The largest absolute Gasteiger partial charge is 0.480 e. The molecule has 92 valence electrons. The molecule has 0 aromatic heterocycles. The number of carbonyl (C=O) groups is 2. The first-order chi connectivity index (χ1) is 7.91. The molecule has 1 rings (SSSR count). The highest BCUT2D eigenvalue weighted by Crippen LogP contribution is 2.12. The summed E-state index contributed by atoms with van der Waals surface area (Å²) in [4.78, 5) is 22.8. The summed E-state index contributed by atoms with van der Waals surface area (Å²) in [6.45, 7) is 3.50. The first-order valence-corrected chi connectivity index (χ1v) is 6.00. The molecule has 0 aliphatic heterocycles. The fraction of sp³-hybridized carbons (Fsp3) is 0.333. The van der Waals surface area contributed by atoms with Gasteiger partial charge >= 0.3 is 5.97 Å². The van der Waals surface area contributed by atoms with Crippen LogP contribution in [0.2, 0.25) is 0 Å². The van der Waals surface area contributed by atoms with Crippen molar-refractivity contribution in [3.05, 3.63) is 34.3 Å². The zero-order chi connectivity index (χ0) is 13.0. The lowest BCUT2D eigenvalue weighted by molar-refractivity contribution is -0.140. The highest BCUT2D eigenvalue weighted by molar-refractivity contribution is 9.10. The summed E-state index contributed by atoms with van der Waals surface area (Å²) in [5.74, 6) is -1.57. The van der Waals surface area contributed by atoms with E-state index in [-0.39, 0.29) is 11.8 Å². The Labute approximate surface area is 108 Å². The molecular weight excluding hydrogens is 286 g/mol. The molecular formula is C12H14BrNO3. The first kappa shape index (κ1) is 13.7. The molecule has 0 bridgehead atoms. The highest BCUT2D eigenvalue weighted by atomic mass is 79.9. The molecule has 2 N–H and O–H groups in total. The number of carboxylic acid groups (broad SMARTS) is 1. The van der Waals surface area contributed by atoms with Gasteiger partial charge in [0.05, 0.1) is 0 Å². The van der Waals surface area contributed by atoms with Crippen molar-refractivity contribution in [2.24, 2.45) is 5.92 Å². The molecule has 0 saturated heterocycles. The van der Waals surface area contributed by atoms with Crippen LogP contribution in [0.1, 0.15) is 24.2 Å². The SMILES string of the molecule is CC(C)[C@@H](NC(=O)c1cccc(Br)c1)C(=O)O. The molecule has 5 heteroatoms. The standard InChI is InChI=1S/C12H14BrNO3/c1-7(2)10(12(16)17)14-11(15)8-4-3-5-9(13)6-8/h3-7,10H,1-2H3,(H,14,15)(H,16,17)/t10-/m1/s1. The predicted molar refractivity (Wildman–Crippen MR) is 67.9 cm³/mol. The molecule has 0 saturated carbocycles. The van der Waals surface area contributed by atoms with Crippen molar-refractivity contribution in [3.63, 3.8) is 0 Å². The molecule has 1 aromatic carbocycles. The van der Waals surface area contributed by atoms with Gasteiger partial charge in [-0.15, -0.1) is 0 Å². The maximum atomic E-state index is 11.8. The van der Waals surface area contributed by atoms with Crippen LogP contribution in [0.25, 0.3) is 0 Å². The summed E-state index contributed by atoms with van der Waals surface area (Å²) in [5, 5.41) is 11.5. The van der Waals surface area contributed by atoms with Crippen LogP contribution in [-0.2, 0) is 4.79 Å². The fourth-order valence-electron chi connectivity index (χ4n) is 1.37. The molecule has 0 radical (unpaired) electrons. The Morgan fingerprint density at radius 2 is 2.00 bits per heavy atom. The van der Waals surface area contributed by atoms with E-state index in [4.69, 9.17) is 5.11 Å². The van der Waals surface area contributed by atoms with Crippen molar-refractivity contribution in [2.45, 2.75) is 19.9 Å². The number of carboxylic acids is 1. The number of aliphatic carboxylic acids is 1. The predicted octanol–water partition coefficient (Wildman–Crippen LogP) is 2.29. The number of halogens is 1. The van der Waals surface area contributed by atoms with E-state index in [0.717, 1.165) is 4.47 Å². The molecule has 0 aliphatic rings. The summed E-state index contributed by atoms with van der Waals surface area (Å²) >= 11 is 3.26. The zero-order valence-corrected chi connectivity index (χ0v) is 11.2. The average Bonchev–Trinajstić information content (AvgIpc) is 2.24. The summed E-state index contributed by atoms with van der Waals surface area (Å²) in [5.41, 5.74) is 0.436. The minimum atomic E-state index is -1.02. The molecule has 0 unspecified atom stereocenters. The Morgan fingerprint density at radius 3 is 2.47 bits per heavy atom. The topological polar surface area (TPSA) is 66.4 Å². The Hall–Kier alpha value is -1.36. The van der Waals surface area contributed by atoms with E-state index in [1.165, 1.54) is 0 Å². The third kappa shape index (κ3) is 3.85. The van der Waals surface area contributed by atoms with E-state index in [1.54, 1.807) is 38.1 Å². The number of carbonyl (C=O) groups excluding carboxylic acids is 1. The third-order valence-electron chi connectivity index (χ3n) is 2.31. The van der Waals surface area contributed by atoms with E-state index >= 15 is 0 Å². The van der Waals surface area contributed by atoms with Crippen molar-refractivity contribution in [1.29, 1.82) is 0 Å². The van der Waals surface area contributed by atoms with Crippen LogP contribution in [-0.4, -0.2) is 23.0 Å². The third-order valence-corrected chi connectivity index (χ3v) is 2.80. The van der Waals surface area contributed by atoms with Crippen LogP contribution in [0.4, 0.5) is 0 Å². The van der Waals surface area contributed by atoms with Gasteiger partial charge in [-0.1, -0.05) is 35.8 Å². The van der Waals surface area contributed by atoms with E-state index in [2.05, 4.69) is 21.2 Å². The number of hydrogen-bond acceptors (Lipinski definition) is 2. The lowest BCUT2D eigenvalue weighted by atomic mass is 10.0. The van der Waals surface area contributed by atoms with Gasteiger partial charge in [0.15, 0.2) is 0 Å². The van der Waals surface area contributed by atoms with Crippen molar-refractivity contribution in [3.8, 4) is 0 Å². The van der Waals surface area contributed by atoms with Gasteiger partial charge in [0.25, 0.3) is 5.91 Å². The Kier molecular flexibility index (Phi) is 4.69. The van der Waals surface area contributed by atoms with Gasteiger partial charge in [0.2, 0.25) is 0 Å². The molecule has 0 fully saturated rings. The molecule has 1 amide bonds. The van der Waals surface area contributed by atoms with E-state index in [9.17, 15) is 9.59 Å². The maximum Gasteiger partial charge on any atom is 0.326 e. The summed E-state index contributed by atoms with van der Waals surface area (Å²) in [6, 6.07) is 5.94. The van der Waals surface area contributed by atoms with Gasteiger partial charge in [0, 0.05) is 10.0 Å². The number of amides is 1. The van der Waals surface area contributed by atoms with Gasteiger partial charge in [-0.05, 0) is 24.1 Å².